The Morgan fingerprint density at radius 1 is 1.00 bits per heavy atom. The van der Waals surface area contributed by atoms with Gasteiger partial charge in [0.25, 0.3) is 5.91 Å². The van der Waals surface area contributed by atoms with E-state index in [2.05, 4.69) is 10.6 Å². The lowest BCUT2D eigenvalue weighted by Crippen LogP contribution is -2.45. The minimum absolute atomic E-state index is 0.0994. The van der Waals surface area contributed by atoms with E-state index in [0.717, 1.165) is 36.9 Å². The molecular formula is C23H26N2O4. The van der Waals surface area contributed by atoms with E-state index in [1.807, 2.05) is 30.3 Å². The van der Waals surface area contributed by atoms with Gasteiger partial charge < -0.3 is 15.4 Å². The van der Waals surface area contributed by atoms with Gasteiger partial charge in [0.2, 0.25) is 5.91 Å². The SMILES string of the molecule is CC(=O)N[C@H](C(=O)OCc1ccc(C(=O)Nc2ccccc2)cc1)C1CCCC1. The number of carbonyl (C=O) groups excluding carboxylic acids is 3. The lowest BCUT2D eigenvalue weighted by Gasteiger charge is -2.22. The second-order valence-electron chi connectivity index (χ2n) is 7.35. The van der Waals surface area contributed by atoms with E-state index in [0.29, 0.717) is 5.56 Å². The van der Waals surface area contributed by atoms with Gasteiger partial charge in [0.05, 0.1) is 0 Å². The first-order chi connectivity index (χ1) is 14.0. The topological polar surface area (TPSA) is 84.5 Å². The number of rotatable bonds is 7. The average molecular weight is 394 g/mol. The molecule has 1 aliphatic carbocycles. The maximum atomic E-state index is 12.5. The molecule has 6 nitrogen and oxygen atoms in total. The van der Waals surface area contributed by atoms with Crippen LogP contribution in [-0.4, -0.2) is 23.8 Å². The summed E-state index contributed by atoms with van der Waals surface area (Å²) in [5.74, 6) is -0.701. The van der Waals surface area contributed by atoms with E-state index in [1.165, 1.54) is 6.92 Å². The van der Waals surface area contributed by atoms with Crippen molar-refractivity contribution in [3.8, 4) is 0 Å². The zero-order valence-electron chi connectivity index (χ0n) is 16.5. The summed E-state index contributed by atoms with van der Waals surface area (Å²) in [5, 5.41) is 5.57. The Balaban J connectivity index is 1.55. The van der Waals surface area contributed by atoms with Crippen LogP contribution in [0.1, 0.15) is 48.5 Å². The molecule has 2 aromatic rings. The molecule has 0 radical (unpaired) electrons. The Bertz CT molecular complexity index is 843. The van der Waals surface area contributed by atoms with Crippen molar-refractivity contribution in [3.63, 3.8) is 0 Å². The Hall–Kier alpha value is -3.15. The highest BCUT2D eigenvalue weighted by Gasteiger charge is 2.32. The van der Waals surface area contributed by atoms with Crippen molar-refractivity contribution in [1.29, 1.82) is 0 Å². The quantitative estimate of drug-likeness (QED) is 0.702. The number of carbonyl (C=O) groups is 3. The molecule has 6 heteroatoms. The van der Waals surface area contributed by atoms with Crippen molar-refractivity contribution in [1.82, 2.24) is 5.32 Å². The van der Waals surface area contributed by atoms with Crippen LogP contribution in [0, 0.1) is 5.92 Å². The second kappa shape index (κ2) is 9.87. The zero-order valence-corrected chi connectivity index (χ0v) is 16.5. The molecule has 0 saturated heterocycles. The first kappa shape index (κ1) is 20.6. The fraction of sp³-hybridized carbons (Fsp3) is 0.348. The van der Waals surface area contributed by atoms with Gasteiger partial charge in [0.1, 0.15) is 12.6 Å². The number of nitrogens with one attached hydrogen (secondary N) is 2. The van der Waals surface area contributed by atoms with Gasteiger partial charge in [-0.2, -0.15) is 0 Å². The van der Waals surface area contributed by atoms with Gasteiger partial charge in [-0.3, -0.25) is 9.59 Å². The summed E-state index contributed by atoms with van der Waals surface area (Å²) in [7, 11) is 0. The maximum Gasteiger partial charge on any atom is 0.329 e. The van der Waals surface area contributed by atoms with Gasteiger partial charge in [-0.05, 0) is 48.6 Å². The van der Waals surface area contributed by atoms with Gasteiger partial charge in [-0.25, -0.2) is 4.79 Å². The smallest absolute Gasteiger partial charge is 0.329 e. The van der Waals surface area contributed by atoms with Crippen LogP contribution in [0.25, 0.3) is 0 Å². The molecule has 2 aromatic carbocycles. The highest BCUT2D eigenvalue weighted by molar-refractivity contribution is 6.04. The first-order valence-electron chi connectivity index (χ1n) is 9.92. The lowest BCUT2D eigenvalue weighted by molar-refractivity contribution is -0.150. The Labute approximate surface area is 170 Å². The third-order valence-corrected chi connectivity index (χ3v) is 5.11. The molecule has 3 rings (SSSR count). The van der Waals surface area contributed by atoms with E-state index in [4.69, 9.17) is 4.74 Å². The van der Waals surface area contributed by atoms with Crippen LogP contribution in [0.5, 0.6) is 0 Å². The number of para-hydroxylation sites is 1. The summed E-state index contributed by atoms with van der Waals surface area (Å²) < 4.78 is 5.45. The van der Waals surface area contributed by atoms with Crippen molar-refractivity contribution < 1.29 is 19.1 Å². The summed E-state index contributed by atoms with van der Waals surface area (Å²) in [6, 6.07) is 15.6. The van der Waals surface area contributed by atoms with Gasteiger partial charge in [0.15, 0.2) is 0 Å². The molecule has 0 aliphatic heterocycles. The van der Waals surface area contributed by atoms with Crippen molar-refractivity contribution >= 4 is 23.5 Å². The van der Waals surface area contributed by atoms with E-state index < -0.39 is 12.0 Å². The van der Waals surface area contributed by atoms with Crippen LogP contribution in [0.2, 0.25) is 0 Å². The van der Waals surface area contributed by atoms with Gasteiger partial charge in [-0.15, -0.1) is 0 Å². The van der Waals surface area contributed by atoms with Crippen molar-refractivity contribution in [2.75, 3.05) is 5.32 Å². The second-order valence-corrected chi connectivity index (χ2v) is 7.35. The summed E-state index contributed by atoms with van der Waals surface area (Å²) in [4.78, 5) is 36.3. The zero-order chi connectivity index (χ0) is 20.6. The molecule has 1 aliphatic rings. The molecule has 0 bridgehead atoms. The van der Waals surface area contributed by atoms with Crippen LogP contribution in [0.3, 0.4) is 0 Å². The van der Waals surface area contributed by atoms with Gasteiger partial charge >= 0.3 is 5.97 Å². The summed E-state index contributed by atoms with van der Waals surface area (Å²) >= 11 is 0. The number of benzene rings is 2. The molecule has 152 valence electrons. The number of hydrogen-bond donors (Lipinski definition) is 2. The molecule has 1 atom stereocenters. The van der Waals surface area contributed by atoms with Crippen LogP contribution >= 0.6 is 0 Å². The van der Waals surface area contributed by atoms with E-state index >= 15 is 0 Å². The fourth-order valence-corrected chi connectivity index (χ4v) is 3.60. The normalized spacial score (nSPS) is 14.8. The van der Waals surface area contributed by atoms with E-state index in [1.54, 1.807) is 24.3 Å². The van der Waals surface area contributed by atoms with Crippen molar-refractivity contribution in [3.05, 3.63) is 65.7 Å². The third-order valence-electron chi connectivity index (χ3n) is 5.11. The molecular weight excluding hydrogens is 368 g/mol. The molecule has 0 unspecified atom stereocenters. The molecule has 1 saturated carbocycles. The number of esters is 1. The summed E-state index contributed by atoms with van der Waals surface area (Å²) in [5.41, 5.74) is 2.03. The largest absolute Gasteiger partial charge is 0.459 e. The third kappa shape index (κ3) is 5.91. The van der Waals surface area contributed by atoms with Crippen LogP contribution in [0.4, 0.5) is 5.69 Å². The number of amides is 2. The number of ether oxygens (including phenoxy) is 1. The maximum absolute atomic E-state index is 12.5. The van der Waals surface area contributed by atoms with Crippen molar-refractivity contribution in [2.24, 2.45) is 5.92 Å². The van der Waals surface area contributed by atoms with Crippen LogP contribution < -0.4 is 10.6 Å². The predicted molar refractivity (Wildman–Crippen MR) is 110 cm³/mol. The first-order valence-corrected chi connectivity index (χ1v) is 9.92. The molecule has 1 fully saturated rings. The highest BCUT2D eigenvalue weighted by atomic mass is 16.5. The van der Waals surface area contributed by atoms with Crippen LogP contribution in [0.15, 0.2) is 54.6 Å². The predicted octanol–water partition coefficient (Wildman–Crippen LogP) is 3.68. The molecule has 0 aromatic heterocycles. The van der Waals surface area contributed by atoms with Gasteiger partial charge in [0, 0.05) is 18.2 Å². The molecule has 0 spiro atoms. The molecule has 0 heterocycles. The Morgan fingerprint density at radius 3 is 2.28 bits per heavy atom. The standard InChI is InChI=1S/C23H26N2O4/c1-16(26)24-21(18-7-5-6-8-18)23(28)29-15-17-11-13-19(14-12-17)22(27)25-20-9-3-2-4-10-20/h2-4,9-14,18,21H,5-8,15H2,1H3,(H,24,26)(H,25,27)/t21-/m0/s1. The van der Waals surface area contributed by atoms with Crippen molar-refractivity contribution in [2.45, 2.75) is 45.3 Å². The Kier molecular flexibility index (Phi) is 7.00. The minimum Gasteiger partial charge on any atom is -0.459 e. The lowest BCUT2D eigenvalue weighted by atomic mass is 9.98. The average Bonchev–Trinajstić information content (AvgIpc) is 3.26. The molecule has 2 amide bonds. The highest BCUT2D eigenvalue weighted by Crippen LogP contribution is 2.28. The molecule has 29 heavy (non-hydrogen) atoms. The van der Waals surface area contributed by atoms with E-state index in [9.17, 15) is 14.4 Å². The van der Waals surface area contributed by atoms with Crippen LogP contribution in [-0.2, 0) is 20.9 Å². The fourth-order valence-electron chi connectivity index (χ4n) is 3.60. The summed E-state index contributed by atoms with van der Waals surface area (Å²) in [6.07, 6.45) is 3.98. The monoisotopic (exact) mass is 394 g/mol. The number of hydrogen-bond acceptors (Lipinski definition) is 4. The molecule has 2 N–H and O–H groups in total. The minimum atomic E-state index is -0.592. The van der Waals surface area contributed by atoms with Gasteiger partial charge in [-0.1, -0.05) is 43.2 Å². The summed E-state index contributed by atoms with van der Waals surface area (Å²) in [6.45, 7) is 1.51. The number of anilines is 1. The van der Waals surface area contributed by atoms with E-state index in [-0.39, 0.29) is 24.3 Å². The Morgan fingerprint density at radius 2 is 1.66 bits per heavy atom.